The van der Waals surface area contributed by atoms with Gasteiger partial charge in [-0.15, -0.1) is 0 Å². The molecular formula is C21H32N4O2. The number of nitrogens with one attached hydrogen (secondary N) is 2. The van der Waals surface area contributed by atoms with Crippen LogP contribution in [0.15, 0.2) is 30.3 Å². The summed E-state index contributed by atoms with van der Waals surface area (Å²) in [5.74, 6) is 0.237. The smallest absolute Gasteiger partial charge is 0.321 e. The third-order valence-corrected chi connectivity index (χ3v) is 5.91. The number of likely N-dealkylation sites (N-methyl/N-ethyl adjacent to an activating group) is 1. The van der Waals surface area contributed by atoms with Gasteiger partial charge in [0.05, 0.1) is 6.54 Å². The second-order valence-corrected chi connectivity index (χ2v) is 8.05. The first-order chi connectivity index (χ1) is 13.0. The number of hydrogen-bond donors (Lipinski definition) is 2. The minimum absolute atomic E-state index is 0.164. The number of carbonyl (C=O) groups excluding carboxylic acids is 2. The van der Waals surface area contributed by atoms with Crippen molar-refractivity contribution in [1.82, 2.24) is 20.4 Å². The minimum atomic E-state index is -0.357. The molecule has 6 nitrogen and oxygen atoms in total. The maximum Gasteiger partial charge on any atom is 0.321 e. The van der Waals surface area contributed by atoms with E-state index < -0.39 is 0 Å². The molecule has 148 valence electrons. The van der Waals surface area contributed by atoms with Crippen molar-refractivity contribution in [1.29, 1.82) is 0 Å². The highest BCUT2D eigenvalue weighted by Crippen LogP contribution is 2.25. The molecule has 6 heteroatoms. The summed E-state index contributed by atoms with van der Waals surface area (Å²) >= 11 is 0. The van der Waals surface area contributed by atoms with E-state index in [1.54, 1.807) is 0 Å². The van der Waals surface area contributed by atoms with Crippen LogP contribution in [0.3, 0.4) is 0 Å². The molecule has 1 saturated heterocycles. The fraction of sp³-hybridized carbons (Fsp3) is 0.619. The van der Waals surface area contributed by atoms with Gasteiger partial charge in [-0.25, -0.2) is 4.79 Å². The second-order valence-electron chi connectivity index (χ2n) is 8.05. The van der Waals surface area contributed by atoms with Crippen LogP contribution in [0.2, 0.25) is 0 Å². The number of nitrogens with zero attached hydrogens (tertiary/aromatic N) is 2. The number of carbonyl (C=O) groups is 2. The first kappa shape index (κ1) is 19.8. The number of benzene rings is 1. The Morgan fingerprint density at radius 3 is 2.59 bits per heavy atom. The molecule has 1 aromatic rings. The van der Waals surface area contributed by atoms with E-state index in [9.17, 15) is 9.59 Å². The third kappa shape index (κ3) is 5.53. The van der Waals surface area contributed by atoms with Gasteiger partial charge in [-0.3, -0.25) is 15.0 Å². The lowest BCUT2D eigenvalue weighted by atomic mass is 9.86. The highest BCUT2D eigenvalue weighted by atomic mass is 16.2. The molecule has 3 atom stereocenters. The van der Waals surface area contributed by atoms with Crippen LogP contribution in [0.25, 0.3) is 0 Å². The molecule has 0 spiro atoms. The van der Waals surface area contributed by atoms with E-state index in [1.165, 1.54) is 12.0 Å². The average molecular weight is 373 g/mol. The predicted octanol–water partition coefficient (Wildman–Crippen LogP) is 2.38. The number of urea groups is 1. The van der Waals surface area contributed by atoms with Crippen molar-refractivity contribution in [2.24, 2.45) is 5.92 Å². The van der Waals surface area contributed by atoms with Gasteiger partial charge < -0.3 is 10.2 Å². The Labute approximate surface area is 162 Å². The summed E-state index contributed by atoms with van der Waals surface area (Å²) in [6.45, 7) is 5.01. The average Bonchev–Trinajstić information content (AvgIpc) is 2.65. The number of imide groups is 1. The van der Waals surface area contributed by atoms with Crippen LogP contribution >= 0.6 is 0 Å². The lowest BCUT2D eigenvalue weighted by molar-refractivity contribution is -0.122. The molecule has 3 rings (SSSR count). The molecule has 3 unspecified atom stereocenters. The second kappa shape index (κ2) is 9.33. The number of piperazine rings is 1. The highest BCUT2D eigenvalue weighted by molar-refractivity contribution is 5.95. The Morgan fingerprint density at radius 2 is 1.85 bits per heavy atom. The zero-order valence-electron chi connectivity index (χ0n) is 16.5. The maximum atomic E-state index is 12.5. The Hall–Kier alpha value is -1.92. The van der Waals surface area contributed by atoms with Gasteiger partial charge in [-0.2, -0.15) is 0 Å². The van der Waals surface area contributed by atoms with Crippen molar-refractivity contribution in [3.8, 4) is 0 Å². The van der Waals surface area contributed by atoms with Gasteiger partial charge >= 0.3 is 6.03 Å². The van der Waals surface area contributed by atoms with Gasteiger partial charge in [0.2, 0.25) is 5.91 Å². The third-order valence-electron chi connectivity index (χ3n) is 5.91. The Kier molecular flexibility index (Phi) is 6.85. The van der Waals surface area contributed by atoms with Crippen LogP contribution in [0.5, 0.6) is 0 Å². The first-order valence-corrected chi connectivity index (χ1v) is 10.1. The van der Waals surface area contributed by atoms with Crippen molar-refractivity contribution in [2.75, 3.05) is 33.2 Å². The van der Waals surface area contributed by atoms with E-state index in [0.29, 0.717) is 5.92 Å². The largest absolute Gasteiger partial charge is 0.335 e. The summed E-state index contributed by atoms with van der Waals surface area (Å²) in [6.07, 6.45) is 4.50. The summed E-state index contributed by atoms with van der Waals surface area (Å²) in [6, 6.07) is 10.2. The molecule has 1 heterocycles. The van der Waals surface area contributed by atoms with Crippen LogP contribution in [-0.4, -0.2) is 61.0 Å². The fourth-order valence-corrected chi connectivity index (χ4v) is 4.22. The molecule has 0 aromatic heterocycles. The molecule has 3 amide bonds. The molecule has 2 fully saturated rings. The molecule has 27 heavy (non-hydrogen) atoms. The van der Waals surface area contributed by atoms with Gasteiger partial charge in [0.25, 0.3) is 0 Å². The van der Waals surface area contributed by atoms with Crippen LogP contribution in [0.1, 0.15) is 44.2 Å². The molecule has 1 aromatic carbocycles. The minimum Gasteiger partial charge on any atom is -0.335 e. The zero-order chi connectivity index (χ0) is 19.2. The summed E-state index contributed by atoms with van der Waals surface area (Å²) in [5, 5.41) is 5.52. The summed E-state index contributed by atoms with van der Waals surface area (Å²) < 4.78 is 0. The van der Waals surface area contributed by atoms with Crippen molar-refractivity contribution >= 4 is 11.9 Å². The van der Waals surface area contributed by atoms with E-state index in [2.05, 4.69) is 46.5 Å². The zero-order valence-corrected chi connectivity index (χ0v) is 16.5. The van der Waals surface area contributed by atoms with E-state index in [0.717, 1.165) is 38.9 Å². The molecule has 2 N–H and O–H groups in total. The van der Waals surface area contributed by atoms with Crippen molar-refractivity contribution in [2.45, 2.75) is 44.7 Å². The van der Waals surface area contributed by atoms with Crippen molar-refractivity contribution in [3.05, 3.63) is 35.9 Å². The number of hydrogen-bond acceptors (Lipinski definition) is 4. The first-order valence-electron chi connectivity index (χ1n) is 10.1. The van der Waals surface area contributed by atoms with Crippen LogP contribution in [-0.2, 0) is 4.79 Å². The molecule has 2 aliphatic rings. The molecule has 1 saturated carbocycles. The maximum absolute atomic E-state index is 12.5. The highest BCUT2D eigenvalue weighted by Gasteiger charge is 2.29. The molecule has 1 aliphatic heterocycles. The van der Waals surface area contributed by atoms with Gasteiger partial charge in [0.15, 0.2) is 0 Å². The van der Waals surface area contributed by atoms with E-state index in [-0.39, 0.29) is 30.6 Å². The number of rotatable bonds is 4. The Bertz CT molecular complexity index is 636. The fourth-order valence-electron chi connectivity index (χ4n) is 4.22. The Balaban J connectivity index is 1.54. The molecule has 0 bridgehead atoms. The quantitative estimate of drug-likeness (QED) is 0.852. The van der Waals surface area contributed by atoms with Gasteiger partial charge in [-0.1, -0.05) is 50.1 Å². The topological polar surface area (TPSA) is 64.7 Å². The monoisotopic (exact) mass is 372 g/mol. The Morgan fingerprint density at radius 1 is 1.11 bits per heavy atom. The van der Waals surface area contributed by atoms with E-state index in [4.69, 9.17) is 0 Å². The van der Waals surface area contributed by atoms with Gasteiger partial charge in [-0.05, 0) is 31.4 Å². The van der Waals surface area contributed by atoms with Crippen LogP contribution < -0.4 is 10.6 Å². The van der Waals surface area contributed by atoms with E-state index >= 15 is 0 Å². The van der Waals surface area contributed by atoms with Gasteiger partial charge in [0, 0.05) is 31.7 Å². The standard InChI is InChI=1S/C21H32N4O2/c1-16-8-6-7-11-18(16)22-21(27)23-20(26)15-25-13-12-24(2)14-19(25)17-9-4-3-5-10-17/h3-5,9-10,16,18-19H,6-8,11-15H2,1-2H3,(H2,22,23,26,27). The van der Waals surface area contributed by atoms with Crippen LogP contribution in [0, 0.1) is 5.92 Å². The molecule has 0 radical (unpaired) electrons. The molecular weight excluding hydrogens is 340 g/mol. The lowest BCUT2D eigenvalue weighted by Crippen LogP contribution is -2.53. The lowest BCUT2D eigenvalue weighted by Gasteiger charge is -2.39. The predicted molar refractivity (Wildman–Crippen MR) is 106 cm³/mol. The number of amides is 3. The van der Waals surface area contributed by atoms with Crippen molar-refractivity contribution < 1.29 is 9.59 Å². The summed E-state index contributed by atoms with van der Waals surface area (Å²) in [7, 11) is 2.10. The van der Waals surface area contributed by atoms with E-state index in [1.807, 2.05) is 18.2 Å². The summed E-state index contributed by atoms with van der Waals surface area (Å²) in [5.41, 5.74) is 1.21. The van der Waals surface area contributed by atoms with Gasteiger partial charge in [0.1, 0.15) is 0 Å². The van der Waals surface area contributed by atoms with Crippen molar-refractivity contribution in [3.63, 3.8) is 0 Å². The molecule has 1 aliphatic carbocycles. The normalized spacial score (nSPS) is 27.1. The SMILES string of the molecule is CC1CCCCC1NC(=O)NC(=O)CN1CCN(C)CC1c1ccccc1. The summed E-state index contributed by atoms with van der Waals surface area (Å²) in [4.78, 5) is 29.2. The van der Waals surface area contributed by atoms with Crippen LogP contribution in [0.4, 0.5) is 4.79 Å².